The van der Waals surface area contributed by atoms with Gasteiger partial charge in [-0.05, 0) is 84.4 Å². The summed E-state index contributed by atoms with van der Waals surface area (Å²) in [4.78, 5) is 13.3. The lowest BCUT2D eigenvalue weighted by Gasteiger charge is -2.71. The fourth-order valence-corrected chi connectivity index (χ4v) is 11.2. The van der Waals surface area contributed by atoms with E-state index in [0.717, 1.165) is 44.9 Å². The molecule has 1 saturated heterocycles. The number of carbonyl (C=O) groups excluding carboxylic acids is 1. The molecular formula is C30H46O4. The summed E-state index contributed by atoms with van der Waals surface area (Å²) < 4.78 is 6.02. The van der Waals surface area contributed by atoms with E-state index in [1.165, 1.54) is 0 Å². The van der Waals surface area contributed by atoms with Gasteiger partial charge in [0.1, 0.15) is 6.10 Å². The number of aliphatic hydroxyl groups excluding tert-OH is 2. The van der Waals surface area contributed by atoms with E-state index in [1.807, 2.05) is 0 Å². The second-order valence-electron chi connectivity index (χ2n) is 15.3. The molecule has 4 saturated carbocycles. The molecule has 6 rings (SSSR count). The molecule has 1 heterocycles. The van der Waals surface area contributed by atoms with Gasteiger partial charge in [-0.1, -0.05) is 60.1 Å². The molecule has 34 heavy (non-hydrogen) atoms. The van der Waals surface area contributed by atoms with E-state index in [0.29, 0.717) is 24.2 Å². The lowest BCUT2D eigenvalue weighted by atomic mass is 9.33. The van der Waals surface area contributed by atoms with Gasteiger partial charge in [0.05, 0.1) is 17.6 Å². The monoisotopic (exact) mass is 470 g/mol. The van der Waals surface area contributed by atoms with Gasteiger partial charge in [0.15, 0.2) is 0 Å². The van der Waals surface area contributed by atoms with Crippen molar-refractivity contribution in [1.82, 2.24) is 0 Å². The molecule has 6 aliphatic rings. The van der Waals surface area contributed by atoms with Gasteiger partial charge >= 0.3 is 5.97 Å². The van der Waals surface area contributed by atoms with Crippen LogP contribution in [0.4, 0.5) is 0 Å². The van der Waals surface area contributed by atoms with Crippen molar-refractivity contribution in [2.45, 2.75) is 118 Å². The molecule has 5 aliphatic carbocycles. The van der Waals surface area contributed by atoms with Gasteiger partial charge in [0.25, 0.3) is 0 Å². The number of carbonyl (C=O) groups is 1. The molecule has 4 heteroatoms. The van der Waals surface area contributed by atoms with E-state index >= 15 is 0 Å². The second kappa shape index (κ2) is 6.52. The first kappa shape index (κ1) is 23.5. The molecule has 10 atom stereocenters. The van der Waals surface area contributed by atoms with E-state index in [-0.39, 0.29) is 44.6 Å². The van der Waals surface area contributed by atoms with Crippen molar-refractivity contribution in [3.63, 3.8) is 0 Å². The van der Waals surface area contributed by atoms with Crippen molar-refractivity contribution >= 4 is 5.97 Å². The maximum atomic E-state index is 13.3. The highest BCUT2D eigenvalue weighted by Gasteiger charge is 2.72. The van der Waals surface area contributed by atoms with Crippen molar-refractivity contribution in [1.29, 1.82) is 0 Å². The molecule has 1 aliphatic heterocycles. The minimum absolute atomic E-state index is 0.00145. The number of rotatable bonds is 0. The van der Waals surface area contributed by atoms with Crippen LogP contribution >= 0.6 is 0 Å². The van der Waals surface area contributed by atoms with Gasteiger partial charge < -0.3 is 14.9 Å². The van der Waals surface area contributed by atoms with Crippen LogP contribution in [0, 0.1) is 50.2 Å². The highest BCUT2D eigenvalue weighted by atomic mass is 16.6. The molecule has 0 aromatic rings. The van der Waals surface area contributed by atoms with Gasteiger partial charge in [0, 0.05) is 11.8 Å². The molecule has 190 valence electrons. The van der Waals surface area contributed by atoms with Crippen molar-refractivity contribution in [3.05, 3.63) is 11.6 Å². The van der Waals surface area contributed by atoms with Gasteiger partial charge in [0.2, 0.25) is 0 Å². The molecule has 10 unspecified atom stereocenters. The Hall–Kier alpha value is -0.870. The van der Waals surface area contributed by atoms with Gasteiger partial charge in [-0.3, -0.25) is 4.79 Å². The number of esters is 1. The maximum absolute atomic E-state index is 13.3. The predicted molar refractivity (Wildman–Crippen MR) is 132 cm³/mol. The summed E-state index contributed by atoms with van der Waals surface area (Å²) in [7, 11) is 0. The minimum atomic E-state index is -0.657. The van der Waals surface area contributed by atoms with Crippen LogP contribution in [0.2, 0.25) is 0 Å². The molecular weight excluding hydrogens is 424 g/mol. The average molecular weight is 471 g/mol. The molecule has 0 aromatic carbocycles. The van der Waals surface area contributed by atoms with E-state index in [2.05, 4.69) is 54.5 Å². The summed E-state index contributed by atoms with van der Waals surface area (Å²) in [6, 6.07) is 0. The van der Waals surface area contributed by atoms with Crippen molar-refractivity contribution < 1.29 is 19.7 Å². The van der Waals surface area contributed by atoms with Crippen LogP contribution in [0.15, 0.2) is 11.6 Å². The SMILES string of the molecule is CC1(C)CC2C3=CCC4C5(C)CC(O)C(O)C(C)(C)C5CCC4(C)C3(C)CCC23CC1OC3=O. The standard InChI is InChI=1S/C30H46O4/c1-25(2)14-18-17-8-9-21-27(5)15-19(31)23(32)26(3,4)20(27)10-11-29(21,7)28(17,6)12-13-30(18)16-22(25)34-24(30)33/h8,18-23,31-32H,9-16H2,1-7H3. The van der Waals surface area contributed by atoms with Crippen LogP contribution in [0.25, 0.3) is 0 Å². The second-order valence-corrected chi connectivity index (χ2v) is 15.3. The van der Waals surface area contributed by atoms with Crippen molar-refractivity contribution in [3.8, 4) is 0 Å². The molecule has 5 fully saturated rings. The Morgan fingerprint density at radius 3 is 2.32 bits per heavy atom. The summed E-state index contributed by atoms with van der Waals surface area (Å²) in [5, 5.41) is 21.9. The van der Waals surface area contributed by atoms with E-state index in [1.54, 1.807) is 5.57 Å². The molecule has 0 aromatic heterocycles. The van der Waals surface area contributed by atoms with E-state index in [4.69, 9.17) is 4.74 Å². The Labute approximate surface area is 205 Å². The zero-order chi connectivity index (χ0) is 24.7. The number of fused-ring (bicyclic) bond motifs is 7. The van der Waals surface area contributed by atoms with E-state index in [9.17, 15) is 15.0 Å². The summed E-state index contributed by atoms with van der Waals surface area (Å²) in [5.41, 5.74) is 1.18. The minimum Gasteiger partial charge on any atom is -0.461 e. The molecule has 1 spiro atoms. The number of hydrogen-bond acceptors (Lipinski definition) is 4. The Morgan fingerprint density at radius 2 is 1.62 bits per heavy atom. The third-order valence-electron chi connectivity index (χ3n) is 13.4. The number of hydrogen-bond donors (Lipinski definition) is 2. The quantitative estimate of drug-likeness (QED) is 0.354. The molecule has 2 N–H and O–H groups in total. The number of ether oxygens (including phenoxy) is 1. The summed E-state index contributed by atoms with van der Waals surface area (Å²) in [5.74, 6) is 1.25. The average Bonchev–Trinajstić information content (AvgIpc) is 3.04. The summed E-state index contributed by atoms with van der Waals surface area (Å²) in [6.45, 7) is 16.4. The smallest absolute Gasteiger partial charge is 0.313 e. The topological polar surface area (TPSA) is 66.8 Å². The largest absolute Gasteiger partial charge is 0.461 e. The lowest BCUT2D eigenvalue weighted by molar-refractivity contribution is -0.230. The van der Waals surface area contributed by atoms with Crippen LogP contribution < -0.4 is 0 Å². The number of allylic oxidation sites excluding steroid dienone is 2. The highest BCUT2D eigenvalue weighted by molar-refractivity contribution is 5.81. The van der Waals surface area contributed by atoms with Crippen LogP contribution in [-0.4, -0.2) is 34.5 Å². The normalized spacial score (nSPS) is 56.9. The zero-order valence-electron chi connectivity index (χ0n) is 22.4. The highest BCUT2D eigenvalue weighted by Crippen LogP contribution is 2.76. The molecule has 0 amide bonds. The van der Waals surface area contributed by atoms with Gasteiger partial charge in [-0.2, -0.15) is 0 Å². The molecule has 0 radical (unpaired) electrons. The first-order valence-electron chi connectivity index (χ1n) is 13.9. The van der Waals surface area contributed by atoms with Crippen LogP contribution in [0.3, 0.4) is 0 Å². The fourth-order valence-electron chi connectivity index (χ4n) is 11.2. The van der Waals surface area contributed by atoms with Gasteiger partial charge in [-0.15, -0.1) is 0 Å². The third-order valence-corrected chi connectivity index (χ3v) is 13.4. The van der Waals surface area contributed by atoms with Crippen molar-refractivity contribution in [2.75, 3.05) is 0 Å². The number of aliphatic hydroxyl groups is 2. The summed E-state index contributed by atoms with van der Waals surface area (Å²) in [6.07, 6.45) is 9.25. The first-order valence-corrected chi connectivity index (χ1v) is 13.9. The summed E-state index contributed by atoms with van der Waals surface area (Å²) >= 11 is 0. The van der Waals surface area contributed by atoms with Crippen molar-refractivity contribution in [2.24, 2.45) is 50.2 Å². The molecule has 2 bridgehead atoms. The van der Waals surface area contributed by atoms with Crippen LogP contribution in [0.5, 0.6) is 0 Å². The lowest BCUT2D eigenvalue weighted by Crippen LogP contribution is -2.66. The first-order chi connectivity index (χ1) is 15.6. The van der Waals surface area contributed by atoms with Gasteiger partial charge in [-0.25, -0.2) is 0 Å². The Morgan fingerprint density at radius 1 is 0.912 bits per heavy atom. The van der Waals surface area contributed by atoms with Crippen LogP contribution in [-0.2, 0) is 9.53 Å². The van der Waals surface area contributed by atoms with E-state index < -0.39 is 12.2 Å². The molecule has 4 nitrogen and oxygen atoms in total. The fraction of sp³-hybridized carbons (Fsp3) is 0.900. The zero-order valence-corrected chi connectivity index (χ0v) is 22.4. The van der Waals surface area contributed by atoms with Crippen LogP contribution in [0.1, 0.15) is 99.8 Å². The predicted octanol–water partition coefficient (Wildman–Crippen LogP) is 5.66. The third kappa shape index (κ3) is 2.46. The Kier molecular flexibility index (Phi) is 4.51. The maximum Gasteiger partial charge on any atom is 0.313 e. The Bertz CT molecular complexity index is 965. The Balaban J connectivity index is 1.45.